The summed E-state index contributed by atoms with van der Waals surface area (Å²) in [4.78, 5) is 10.7. The molecule has 1 N–H and O–H groups in total. The molecule has 13 heavy (non-hydrogen) atoms. The zero-order valence-corrected chi connectivity index (χ0v) is 8.29. The Hall–Kier alpha value is -1.16. The standard InChI is InChI=1S/C9H12N2OS/c1-8-4-2-6-11(8)7-3-5-9(12)10-13/h2-6,13H,7H2,1H3,(H,10,12)/b5-3+. The van der Waals surface area contributed by atoms with Crippen LogP contribution in [0.3, 0.4) is 0 Å². The number of amides is 1. The largest absolute Gasteiger partial charge is 0.348 e. The number of hydrogen-bond donors (Lipinski definition) is 2. The fourth-order valence-electron chi connectivity index (χ4n) is 1.01. The van der Waals surface area contributed by atoms with E-state index in [1.165, 1.54) is 11.8 Å². The van der Waals surface area contributed by atoms with E-state index in [4.69, 9.17) is 0 Å². The average Bonchev–Trinajstić information content (AvgIpc) is 2.52. The van der Waals surface area contributed by atoms with Crippen molar-refractivity contribution in [2.45, 2.75) is 13.5 Å². The molecular weight excluding hydrogens is 184 g/mol. The summed E-state index contributed by atoms with van der Waals surface area (Å²) < 4.78 is 4.26. The predicted octanol–water partition coefficient (Wildman–Crippen LogP) is 1.31. The molecule has 1 aromatic rings. The van der Waals surface area contributed by atoms with Gasteiger partial charge in [0.2, 0.25) is 0 Å². The van der Waals surface area contributed by atoms with Crippen LogP contribution in [-0.2, 0) is 11.3 Å². The average molecular weight is 196 g/mol. The van der Waals surface area contributed by atoms with Crippen LogP contribution >= 0.6 is 12.8 Å². The monoisotopic (exact) mass is 196 g/mol. The van der Waals surface area contributed by atoms with Crippen LogP contribution in [-0.4, -0.2) is 10.5 Å². The maximum Gasteiger partial charge on any atom is 0.253 e. The molecule has 4 heteroatoms. The first-order chi connectivity index (χ1) is 6.24. The van der Waals surface area contributed by atoms with E-state index in [-0.39, 0.29) is 5.91 Å². The van der Waals surface area contributed by atoms with Crippen molar-refractivity contribution < 1.29 is 4.79 Å². The molecule has 0 bridgehead atoms. The number of nitrogens with zero attached hydrogens (tertiary/aromatic N) is 1. The van der Waals surface area contributed by atoms with Crippen LogP contribution in [0.1, 0.15) is 5.69 Å². The molecule has 0 aliphatic heterocycles. The summed E-state index contributed by atoms with van der Waals surface area (Å²) in [7, 11) is 0. The molecule has 1 amide bonds. The van der Waals surface area contributed by atoms with E-state index < -0.39 is 0 Å². The van der Waals surface area contributed by atoms with Gasteiger partial charge in [-0.1, -0.05) is 18.9 Å². The summed E-state index contributed by atoms with van der Waals surface area (Å²) in [6.07, 6.45) is 5.23. The Kier molecular flexibility index (Phi) is 3.64. The maximum absolute atomic E-state index is 10.7. The van der Waals surface area contributed by atoms with Crippen molar-refractivity contribution in [2.24, 2.45) is 0 Å². The van der Waals surface area contributed by atoms with Gasteiger partial charge < -0.3 is 4.57 Å². The van der Waals surface area contributed by atoms with Crippen LogP contribution in [0.25, 0.3) is 0 Å². The Bertz CT molecular complexity index is 317. The third-order valence-electron chi connectivity index (χ3n) is 1.74. The highest BCUT2D eigenvalue weighted by molar-refractivity contribution is 7.78. The fourth-order valence-corrected chi connectivity index (χ4v) is 1.09. The van der Waals surface area contributed by atoms with Crippen molar-refractivity contribution in [2.75, 3.05) is 0 Å². The summed E-state index contributed by atoms with van der Waals surface area (Å²) in [5.74, 6) is -0.201. The SMILES string of the molecule is Cc1cccn1C/C=C/C(=O)NS. The molecule has 70 valence electrons. The highest BCUT2D eigenvalue weighted by atomic mass is 32.1. The number of allylic oxidation sites excluding steroid dienone is 1. The number of thiol groups is 1. The number of aryl methyl sites for hydroxylation is 1. The molecule has 0 unspecified atom stereocenters. The topological polar surface area (TPSA) is 34.0 Å². The first-order valence-corrected chi connectivity index (χ1v) is 4.41. The third kappa shape index (κ3) is 2.99. The van der Waals surface area contributed by atoms with Gasteiger partial charge in [0.25, 0.3) is 5.91 Å². The second kappa shape index (κ2) is 4.77. The highest BCUT2D eigenvalue weighted by Gasteiger charge is 1.92. The zero-order chi connectivity index (χ0) is 9.68. The second-order valence-corrected chi connectivity index (χ2v) is 2.90. The molecular formula is C9H12N2OS. The van der Waals surface area contributed by atoms with Crippen LogP contribution in [0.5, 0.6) is 0 Å². The maximum atomic E-state index is 10.7. The quantitative estimate of drug-likeness (QED) is 0.555. The molecule has 1 heterocycles. The highest BCUT2D eigenvalue weighted by Crippen LogP contribution is 1.99. The molecule has 0 aliphatic rings. The lowest BCUT2D eigenvalue weighted by atomic mass is 10.4. The van der Waals surface area contributed by atoms with Crippen molar-refractivity contribution in [1.82, 2.24) is 9.29 Å². The lowest BCUT2D eigenvalue weighted by Crippen LogP contribution is -2.08. The van der Waals surface area contributed by atoms with Gasteiger partial charge >= 0.3 is 0 Å². The van der Waals surface area contributed by atoms with Gasteiger partial charge in [-0.2, -0.15) is 0 Å². The molecule has 3 nitrogen and oxygen atoms in total. The summed E-state index contributed by atoms with van der Waals surface area (Å²) in [5, 5.41) is 0. The van der Waals surface area contributed by atoms with E-state index in [1.807, 2.05) is 29.8 Å². The second-order valence-electron chi connectivity index (χ2n) is 2.68. The van der Waals surface area contributed by atoms with E-state index >= 15 is 0 Å². The van der Waals surface area contributed by atoms with E-state index in [1.54, 1.807) is 6.08 Å². The molecule has 0 fully saturated rings. The fraction of sp³-hybridized carbons (Fsp3) is 0.222. The lowest BCUT2D eigenvalue weighted by Gasteiger charge is -2.00. The Morgan fingerprint density at radius 2 is 2.54 bits per heavy atom. The minimum absolute atomic E-state index is 0.201. The summed E-state index contributed by atoms with van der Waals surface area (Å²) in [6, 6.07) is 3.99. The van der Waals surface area contributed by atoms with E-state index in [0.717, 1.165) is 0 Å². The number of rotatable bonds is 3. The van der Waals surface area contributed by atoms with E-state index in [2.05, 4.69) is 17.5 Å². The van der Waals surface area contributed by atoms with Crippen LogP contribution in [0.15, 0.2) is 30.5 Å². The number of nitrogens with one attached hydrogen (secondary N) is 1. The summed E-state index contributed by atoms with van der Waals surface area (Å²) >= 11 is 3.63. The summed E-state index contributed by atoms with van der Waals surface area (Å²) in [6.45, 7) is 2.73. The van der Waals surface area contributed by atoms with E-state index in [0.29, 0.717) is 6.54 Å². The van der Waals surface area contributed by atoms with Gasteiger partial charge in [-0.3, -0.25) is 9.52 Å². The van der Waals surface area contributed by atoms with Crippen molar-refractivity contribution >= 4 is 18.7 Å². The third-order valence-corrected chi connectivity index (χ3v) is 1.96. The van der Waals surface area contributed by atoms with Gasteiger partial charge in [0.1, 0.15) is 0 Å². The smallest absolute Gasteiger partial charge is 0.253 e. The van der Waals surface area contributed by atoms with Crippen LogP contribution in [0.4, 0.5) is 0 Å². The van der Waals surface area contributed by atoms with Gasteiger partial charge in [-0.25, -0.2) is 0 Å². The van der Waals surface area contributed by atoms with Crippen LogP contribution in [0.2, 0.25) is 0 Å². The lowest BCUT2D eigenvalue weighted by molar-refractivity contribution is -0.114. The molecule has 1 aromatic heterocycles. The minimum Gasteiger partial charge on any atom is -0.348 e. The van der Waals surface area contributed by atoms with Gasteiger partial charge in [-0.15, -0.1) is 0 Å². The van der Waals surface area contributed by atoms with Gasteiger partial charge in [0.05, 0.1) is 0 Å². The number of carbonyl (C=O) groups excluding carboxylic acids is 1. The molecule has 0 radical (unpaired) electrons. The first-order valence-electron chi connectivity index (χ1n) is 3.96. The van der Waals surface area contributed by atoms with Crippen molar-refractivity contribution in [1.29, 1.82) is 0 Å². The molecule has 0 spiro atoms. The van der Waals surface area contributed by atoms with E-state index in [9.17, 15) is 4.79 Å². The number of carbonyl (C=O) groups is 1. The van der Waals surface area contributed by atoms with Gasteiger partial charge in [0.15, 0.2) is 0 Å². The van der Waals surface area contributed by atoms with Crippen LogP contribution in [0, 0.1) is 6.92 Å². The molecule has 0 saturated heterocycles. The first kappa shape index (κ1) is 9.92. The Labute approximate surface area is 83.0 Å². The molecule has 0 saturated carbocycles. The predicted molar refractivity (Wildman–Crippen MR) is 55.4 cm³/mol. The number of hydrogen-bond acceptors (Lipinski definition) is 2. The Morgan fingerprint density at radius 3 is 3.08 bits per heavy atom. The Balaban J connectivity index is 2.48. The van der Waals surface area contributed by atoms with Crippen LogP contribution < -0.4 is 4.72 Å². The van der Waals surface area contributed by atoms with Gasteiger partial charge in [0, 0.05) is 24.5 Å². The number of aromatic nitrogens is 1. The molecule has 0 aromatic carbocycles. The normalized spacial score (nSPS) is 10.6. The zero-order valence-electron chi connectivity index (χ0n) is 7.40. The van der Waals surface area contributed by atoms with Crippen molar-refractivity contribution in [3.8, 4) is 0 Å². The van der Waals surface area contributed by atoms with Gasteiger partial charge in [-0.05, 0) is 19.1 Å². The Morgan fingerprint density at radius 1 is 1.77 bits per heavy atom. The van der Waals surface area contributed by atoms with Crippen molar-refractivity contribution in [3.05, 3.63) is 36.2 Å². The molecule has 0 atom stereocenters. The minimum atomic E-state index is -0.201. The van der Waals surface area contributed by atoms with Crippen molar-refractivity contribution in [3.63, 3.8) is 0 Å². The molecule has 0 aliphatic carbocycles. The molecule has 1 rings (SSSR count). The summed E-state index contributed by atoms with van der Waals surface area (Å²) in [5.41, 5.74) is 1.18.